The van der Waals surface area contributed by atoms with E-state index in [-0.39, 0.29) is 0 Å². The van der Waals surface area contributed by atoms with Crippen molar-refractivity contribution in [3.8, 4) is 66.8 Å². The van der Waals surface area contributed by atoms with E-state index in [4.69, 9.17) is 0 Å². The standard InChI is InChI=1S/C94H90N2/c1-6-9-11-13-15-19-33-78-66-91(76-47-59-85(60-48-76)95(81-51-39-68(4)40-52-81)82-53-41-73(42-54-82)71-29-21-17-22-30-71)87-35-25-27-37-89(87)93(78)94-79(34-20-16-14-12-10-7-2)67-92(88-36-26-28-38-90(88)94)77-49-61-86(62-50-77)96(83-55-43-74(44-56-83)72-31-23-18-24-32-72)84-57-45-75(46-58-84)80-64-69(5)63-70(8-3)65-80/h8,17-18,21-32,35-67H,3,6-7,9-16,19-20,33-34H2,1-2,4-5H3. The summed E-state index contributed by atoms with van der Waals surface area (Å²) in [6.45, 7) is 13.0. The van der Waals surface area contributed by atoms with Gasteiger partial charge in [0.25, 0.3) is 0 Å². The minimum Gasteiger partial charge on any atom is -0.311 e. The quantitative estimate of drug-likeness (QED) is 0.0474. The van der Waals surface area contributed by atoms with Gasteiger partial charge in [-0.15, -0.1) is 0 Å². The topological polar surface area (TPSA) is 6.48 Å². The minimum absolute atomic E-state index is 1.01. The Morgan fingerprint density at radius 1 is 0.271 bits per heavy atom. The Morgan fingerprint density at radius 2 is 0.583 bits per heavy atom. The molecule has 13 aromatic rings. The Labute approximate surface area is 571 Å². The zero-order valence-corrected chi connectivity index (χ0v) is 56.7. The maximum atomic E-state index is 4.08. The van der Waals surface area contributed by atoms with Crippen molar-refractivity contribution in [1.29, 1.82) is 0 Å². The van der Waals surface area contributed by atoms with Gasteiger partial charge in [0.1, 0.15) is 0 Å². The maximum Gasteiger partial charge on any atom is 0.0462 e. The molecule has 0 heterocycles. The summed E-state index contributed by atoms with van der Waals surface area (Å²) < 4.78 is 0. The zero-order chi connectivity index (χ0) is 65.6. The van der Waals surface area contributed by atoms with Gasteiger partial charge in [0.05, 0.1) is 0 Å². The average molecular weight is 1250 g/mol. The lowest BCUT2D eigenvalue weighted by molar-refractivity contribution is 0.607. The van der Waals surface area contributed by atoms with E-state index in [0.717, 1.165) is 65.4 Å². The zero-order valence-electron chi connectivity index (χ0n) is 56.7. The summed E-state index contributed by atoms with van der Waals surface area (Å²) in [6.07, 6.45) is 18.9. The van der Waals surface area contributed by atoms with Gasteiger partial charge < -0.3 is 9.80 Å². The fraction of sp³-hybridized carbons (Fsp3) is 0.191. The molecule has 2 heteroatoms. The van der Waals surface area contributed by atoms with Gasteiger partial charge in [-0.2, -0.15) is 0 Å². The van der Waals surface area contributed by atoms with E-state index < -0.39 is 0 Å². The van der Waals surface area contributed by atoms with Crippen LogP contribution in [0.1, 0.15) is 119 Å². The molecule has 0 saturated heterocycles. The highest BCUT2D eigenvalue weighted by Gasteiger charge is 2.24. The second kappa shape index (κ2) is 30.9. The van der Waals surface area contributed by atoms with Gasteiger partial charge in [-0.05, 0) is 241 Å². The highest BCUT2D eigenvalue weighted by Crippen LogP contribution is 2.48. The minimum atomic E-state index is 1.01. The Morgan fingerprint density at radius 3 is 0.958 bits per heavy atom. The Kier molecular flexibility index (Phi) is 20.7. The van der Waals surface area contributed by atoms with Crippen LogP contribution < -0.4 is 9.80 Å². The van der Waals surface area contributed by atoms with Gasteiger partial charge in [-0.25, -0.2) is 0 Å². The monoisotopic (exact) mass is 1250 g/mol. The molecule has 0 fully saturated rings. The molecule has 0 radical (unpaired) electrons. The van der Waals surface area contributed by atoms with E-state index >= 15 is 0 Å². The molecule has 0 aliphatic carbocycles. The van der Waals surface area contributed by atoms with Crippen LogP contribution in [0.3, 0.4) is 0 Å². The van der Waals surface area contributed by atoms with Gasteiger partial charge in [-0.3, -0.25) is 0 Å². The van der Waals surface area contributed by atoms with Gasteiger partial charge in [0, 0.05) is 34.1 Å². The molecular weight excluding hydrogens is 1160 g/mol. The molecule has 2 nitrogen and oxygen atoms in total. The van der Waals surface area contributed by atoms with Gasteiger partial charge in [0.2, 0.25) is 0 Å². The number of rotatable bonds is 27. The predicted molar refractivity (Wildman–Crippen MR) is 417 cm³/mol. The molecule has 13 aromatic carbocycles. The van der Waals surface area contributed by atoms with E-state index in [0.29, 0.717) is 0 Å². The molecule has 0 bridgehead atoms. The van der Waals surface area contributed by atoms with Crippen LogP contribution in [0.15, 0.2) is 292 Å². The number of hydrogen-bond acceptors (Lipinski definition) is 2. The van der Waals surface area contributed by atoms with Crippen LogP contribution in [0.5, 0.6) is 0 Å². The molecule has 0 saturated carbocycles. The van der Waals surface area contributed by atoms with E-state index in [9.17, 15) is 0 Å². The Balaban J connectivity index is 0.915. The van der Waals surface area contributed by atoms with E-state index in [1.54, 1.807) is 0 Å². The average Bonchev–Trinajstić information content (AvgIpc) is 0.747. The lowest BCUT2D eigenvalue weighted by atomic mass is 9.80. The van der Waals surface area contributed by atoms with Gasteiger partial charge in [0.15, 0.2) is 0 Å². The molecule has 96 heavy (non-hydrogen) atoms. The first-order chi connectivity index (χ1) is 47.3. The second-order valence-corrected chi connectivity index (χ2v) is 26.4. The van der Waals surface area contributed by atoms with Gasteiger partial charge in [-0.1, -0.05) is 290 Å². The van der Waals surface area contributed by atoms with Crippen molar-refractivity contribution in [2.45, 2.75) is 118 Å². The van der Waals surface area contributed by atoms with Crippen LogP contribution in [-0.4, -0.2) is 0 Å². The molecule has 0 unspecified atom stereocenters. The van der Waals surface area contributed by atoms with Gasteiger partial charge >= 0.3 is 0 Å². The Bertz CT molecular complexity index is 4700. The van der Waals surface area contributed by atoms with E-state index in [2.05, 4.69) is 329 Å². The fourth-order valence-electron chi connectivity index (χ4n) is 14.5. The molecule has 0 N–H and O–H groups in total. The fourth-order valence-corrected chi connectivity index (χ4v) is 14.5. The number of nitrogens with zero attached hydrogens (tertiary/aromatic N) is 2. The maximum absolute atomic E-state index is 4.08. The number of unbranched alkanes of at least 4 members (excludes halogenated alkanes) is 10. The lowest BCUT2D eigenvalue weighted by Gasteiger charge is -2.27. The second-order valence-electron chi connectivity index (χ2n) is 26.4. The molecule has 0 aliphatic heterocycles. The van der Waals surface area contributed by atoms with Crippen molar-refractivity contribution in [2.24, 2.45) is 0 Å². The van der Waals surface area contributed by atoms with Crippen molar-refractivity contribution in [2.75, 3.05) is 9.80 Å². The van der Waals surface area contributed by atoms with Crippen LogP contribution in [0.2, 0.25) is 0 Å². The Hall–Kier alpha value is -10.3. The van der Waals surface area contributed by atoms with Crippen molar-refractivity contribution < 1.29 is 0 Å². The number of anilines is 6. The predicted octanol–water partition coefficient (Wildman–Crippen LogP) is 28.0. The highest BCUT2D eigenvalue weighted by atomic mass is 15.1. The van der Waals surface area contributed by atoms with Crippen molar-refractivity contribution in [3.63, 3.8) is 0 Å². The van der Waals surface area contributed by atoms with Crippen LogP contribution in [0, 0.1) is 13.8 Å². The lowest BCUT2D eigenvalue weighted by Crippen LogP contribution is -2.09. The first-order valence-electron chi connectivity index (χ1n) is 35.5. The third-order valence-corrected chi connectivity index (χ3v) is 19.5. The summed E-state index contributed by atoms with van der Waals surface area (Å²) in [4.78, 5) is 4.80. The number of aryl methyl sites for hydroxylation is 4. The van der Waals surface area contributed by atoms with Crippen LogP contribution in [-0.2, 0) is 12.8 Å². The molecule has 0 amide bonds. The molecule has 0 aliphatic rings. The molecular formula is C94H90N2. The largest absolute Gasteiger partial charge is 0.311 e. The third-order valence-electron chi connectivity index (χ3n) is 19.5. The molecule has 13 rings (SSSR count). The summed E-state index contributed by atoms with van der Waals surface area (Å²) in [6, 6.07) is 107. The molecule has 0 aromatic heterocycles. The van der Waals surface area contributed by atoms with Crippen molar-refractivity contribution >= 4 is 61.7 Å². The highest BCUT2D eigenvalue weighted by molar-refractivity contribution is 6.14. The van der Waals surface area contributed by atoms with Crippen LogP contribution >= 0.6 is 0 Å². The van der Waals surface area contributed by atoms with Crippen molar-refractivity contribution in [3.05, 3.63) is 320 Å². The van der Waals surface area contributed by atoms with Crippen LogP contribution in [0.4, 0.5) is 34.1 Å². The van der Waals surface area contributed by atoms with E-state index in [1.165, 1.54) is 175 Å². The molecule has 0 atom stereocenters. The van der Waals surface area contributed by atoms with E-state index in [1.807, 2.05) is 6.08 Å². The smallest absolute Gasteiger partial charge is 0.0462 e. The molecule has 476 valence electrons. The first kappa shape index (κ1) is 64.4. The SMILES string of the molecule is C=Cc1cc(C)cc(-c2ccc(N(c3ccc(-c4ccccc4)cc3)c3ccc(-c4cc(CCCCCCCC)c(-c5c(CCCCCCCC)cc(-c6ccc(N(c7ccc(C)cc7)c7ccc(-c8ccccc8)cc7)cc6)c6ccccc56)c5ccccc45)cc3)cc2)c1. The summed E-state index contributed by atoms with van der Waals surface area (Å²) in [5, 5.41) is 5.23. The summed E-state index contributed by atoms with van der Waals surface area (Å²) in [5.41, 5.74) is 28.2. The number of fused-ring (bicyclic) bond motifs is 2. The summed E-state index contributed by atoms with van der Waals surface area (Å²) >= 11 is 0. The first-order valence-corrected chi connectivity index (χ1v) is 35.5. The number of benzene rings is 13. The molecule has 0 spiro atoms. The van der Waals surface area contributed by atoms with Crippen molar-refractivity contribution in [1.82, 2.24) is 0 Å². The third kappa shape index (κ3) is 14.7. The number of hydrogen-bond donors (Lipinski definition) is 0. The van der Waals surface area contributed by atoms with Crippen LogP contribution in [0.25, 0.3) is 94.4 Å². The summed E-state index contributed by atoms with van der Waals surface area (Å²) in [5.74, 6) is 0. The summed E-state index contributed by atoms with van der Waals surface area (Å²) in [7, 11) is 0. The normalized spacial score (nSPS) is 11.3.